The van der Waals surface area contributed by atoms with E-state index >= 15 is 0 Å². The van der Waals surface area contributed by atoms with Crippen LogP contribution in [0.4, 0.5) is 11.4 Å². The van der Waals surface area contributed by atoms with Crippen LogP contribution in [-0.4, -0.2) is 38.8 Å². The predicted octanol–water partition coefficient (Wildman–Crippen LogP) is 1.67. The van der Waals surface area contributed by atoms with Crippen molar-refractivity contribution in [1.29, 1.82) is 0 Å². The van der Waals surface area contributed by atoms with Gasteiger partial charge in [-0.2, -0.15) is 0 Å². The molecule has 9 heteroatoms. The normalized spacial score (nSPS) is 19.9. The topological polar surface area (TPSA) is 122 Å². The van der Waals surface area contributed by atoms with E-state index in [-0.39, 0.29) is 5.69 Å². The van der Waals surface area contributed by atoms with Crippen LogP contribution in [0.1, 0.15) is 12.8 Å². The van der Waals surface area contributed by atoms with Crippen LogP contribution in [0.15, 0.2) is 30.4 Å². The molecule has 0 saturated heterocycles. The molecule has 1 aromatic carbocycles. The lowest BCUT2D eigenvalue weighted by molar-refractivity contribution is -0.146. The number of amides is 1. The Kier molecular flexibility index (Phi) is 5.68. The smallest absolute Gasteiger partial charge is 0.307 e. The number of aliphatic carboxylic acids is 1. The zero-order chi connectivity index (χ0) is 18.6. The summed E-state index contributed by atoms with van der Waals surface area (Å²) < 4.78 is 30.3. The van der Waals surface area contributed by atoms with Crippen molar-refractivity contribution in [2.24, 2.45) is 11.8 Å². The maximum Gasteiger partial charge on any atom is 0.307 e. The lowest BCUT2D eigenvalue weighted by Crippen LogP contribution is -2.34. The summed E-state index contributed by atoms with van der Waals surface area (Å²) in [5.74, 6) is -2.61. The molecule has 136 valence electrons. The molecule has 0 spiro atoms. The number of rotatable bonds is 6. The summed E-state index contributed by atoms with van der Waals surface area (Å²) in [7, 11) is -2.13. The second-order valence-electron chi connectivity index (χ2n) is 5.77. The van der Waals surface area contributed by atoms with Gasteiger partial charge in [0.05, 0.1) is 30.9 Å². The lowest BCUT2D eigenvalue weighted by Gasteiger charge is -2.24. The molecule has 2 atom stereocenters. The summed E-state index contributed by atoms with van der Waals surface area (Å²) in [5.41, 5.74) is 0.525. The summed E-state index contributed by atoms with van der Waals surface area (Å²) in [6, 6.07) is 4.49. The minimum absolute atomic E-state index is 0.182. The minimum Gasteiger partial charge on any atom is -0.495 e. The van der Waals surface area contributed by atoms with Crippen molar-refractivity contribution < 1.29 is 27.9 Å². The maximum absolute atomic E-state index is 12.5. The SMILES string of the molecule is COc1ccc(NC(=O)[C@@H]2CC=CC[C@H]2C(=O)O)cc1NS(C)(=O)=O. The van der Waals surface area contributed by atoms with Gasteiger partial charge >= 0.3 is 5.97 Å². The third-order valence-corrected chi connectivity index (χ3v) is 4.44. The van der Waals surface area contributed by atoms with Crippen molar-refractivity contribution in [1.82, 2.24) is 0 Å². The number of carboxylic acids is 1. The Hall–Kier alpha value is -2.55. The number of allylic oxidation sites excluding steroid dienone is 2. The van der Waals surface area contributed by atoms with Crippen LogP contribution in [0, 0.1) is 11.8 Å². The van der Waals surface area contributed by atoms with E-state index in [1.54, 1.807) is 18.2 Å². The molecule has 0 aromatic heterocycles. The number of nitrogens with one attached hydrogen (secondary N) is 2. The highest BCUT2D eigenvalue weighted by Gasteiger charge is 2.34. The molecule has 1 aromatic rings. The van der Waals surface area contributed by atoms with Crippen LogP contribution < -0.4 is 14.8 Å². The molecule has 0 aliphatic heterocycles. The Morgan fingerprint density at radius 1 is 1.20 bits per heavy atom. The van der Waals surface area contributed by atoms with E-state index in [1.807, 2.05) is 0 Å². The first-order valence-electron chi connectivity index (χ1n) is 7.55. The average molecular weight is 368 g/mol. The van der Waals surface area contributed by atoms with Gasteiger partial charge in [-0.25, -0.2) is 8.42 Å². The summed E-state index contributed by atoms with van der Waals surface area (Å²) in [6.07, 6.45) is 5.19. The first-order valence-corrected chi connectivity index (χ1v) is 9.45. The predicted molar refractivity (Wildman–Crippen MR) is 93.1 cm³/mol. The number of sulfonamides is 1. The third kappa shape index (κ3) is 4.96. The van der Waals surface area contributed by atoms with Gasteiger partial charge in [-0.15, -0.1) is 0 Å². The molecule has 0 bridgehead atoms. The third-order valence-electron chi connectivity index (χ3n) is 3.85. The van der Waals surface area contributed by atoms with Crippen LogP contribution in [0.2, 0.25) is 0 Å². The van der Waals surface area contributed by atoms with Crippen molar-refractivity contribution in [3.05, 3.63) is 30.4 Å². The zero-order valence-corrected chi connectivity index (χ0v) is 14.7. The van der Waals surface area contributed by atoms with Crippen LogP contribution in [0.5, 0.6) is 5.75 Å². The molecule has 1 aliphatic rings. The number of hydrogen-bond acceptors (Lipinski definition) is 5. The molecule has 1 amide bonds. The van der Waals surface area contributed by atoms with Crippen molar-refractivity contribution in [2.75, 3.05) is 23.4 Å². The van der Waals surface area contributed by atoms with E-state index in [9.17, 15) is 23.1 Å². The van der Waals surface area contributed by atoms with Crippen LogP contribution in [-0.2, 0) is 19.6 Å². The fraction of sp³-hybridized carbons (Fsp3) is 0.375. The van der Waals surface area contributed by atoms with E-state index in [4.69, 9.17) is 4.74 Å². The lowest BCUT2D eigenvalue weighted by atomic mass is 9.82. The van der Waals surface area contributed by atoms with Gasteiger partial charge in [-0.1, -0.05) is 12.2 Å². The van der Waals surface area contributed by atoms with Crippen molar-refractivity contribution in [3.63, 3.8) is 0 Å². The molecule has 1 aliphatic carbocycles. The second kappa shape index (κ2) is 7.56. The van der Waals surface area contributed by atoms with Gasteiger partial charge in [0.15, 0.2) is 0 Å². The van der Waals surface area contributed by atoms with Gasteiger partial charge in [0, 0.05) is 5.69 Å². The number of carboxylic acid groups (broad SMARTS) is 1. The van der Waals surface area contributed by atoms with Gasteiger partial charge in [-0.3, -0.25) is 14.3 Å². The molecule has 0 fully saturated rings. The Morgan fingerprint density at radius 2 is 1.84 bits per heavy atom. The largest absolute Gasteiger partial charge is 0.495 e. The number of ether oxygens (including phenoxy) is 1. The first-order chi connectivity index (χ1) is 11.7. The van der Waals surface area contributed by atoms with Gasteiger partial charge in [-0.05, 0) is 31.0 Å². The molecular weight excluding hydrogens is 348 g/mol. The van der Waals surface area contributed by atoms with E-state index in [0.717, 1.165) is 6.26 Å². The van der Waals surface area contributed by atoms with Crippen LogP contribution >= 0.6 is 0 Å². The standard InChI is InChI=1S/C16H20N2O6S/c1-24-14-8-7-10(9-13(14)18-25(2,22)23)17-15(19)11-5-3-4-6-12(11)16(20)21/h3-4,7-9,11-12,18H,5-6H2,1-2H3,(H,17,19)(H,20,21)/t11-,12-/m1/s1. The number of methoxy groups -OCH3 is 1. The van der Waals surface area contributed by atoms with Gasteiger partial charge in [0.25, 0.3) is 0 Å². The Balaban J connectivity index is 2.21. The van der Waals surface area contributed by atoms with Crippen LogP contribution in [0.3, 0.4) is 0 Å². The molecule has 0 saturated carbocycles. The summed E-state index contributed by atoms with van der Waals surface area (Å²) >= 11 is 0. The summed E-state index contributed by atoms with van der Waals surface area (Å²) in [6.45, 7) is 0. The van der Waals surface area contributed by atoms with E-state index in [1.165, 1.54) is 19.2 Å². The number of hydrogen-bond donors (Lipinski definition) is 3. The number of benzene rings is 1. The quantitative estimate of drug-likeness (QED) is 0.657. The molecule has 0 unspecified atom stereocenters. The van der Waals surface area contributed by atoms with Gasteiger partial charge in [0.1, 0.15) is 5.75 Å². The fourth-order valence-electron chi connectivity index (χ4n) is 2.68. The number of carbonyl (C=O) groups is 2. The summed E-state index contributed by atoms with van der Waals surface area (Å²) in [5, 5.41) is 11.9. The van der Waals surface area contributed by atoms with Crippen molar-refractivity contribution in [3.8, 4) is 5.75 Å². The molecule has 2 rings (SSSR count). The number of anilines is 2. The molecule has 3 N–H and O–H groups in total. The molecule has 0 heterocycles. The van der Waals surface area contributed by atoms with E-state index < -0.39 is 33.7 Å². The average Bonchev–Trinajstić information content (AvgIpc) is 2.53. The van der Waals surface area contributed by atoms with Crippen molar-refractivity contribution in [2.45, 2.75) is 12.8 Å². The number of carbonyl (C=O) groups excluding carboxylic acids is 1. The second-order valence-corrected chi connectivity index (χ2v) is 7.52. The Bertz CT molecular complexity index is 803. The molecule has 0 radical (unpaired) electrons. The maximum atomic E-state index is 12.5. The molecule has 8 nitrogen and oxygen atoms in total. The highest BCUT2D eigenvalue weighted by Crippen LogP contribution is 2.31. The molecule has 25 heavy (non-hydrogen) atoms. The van der Waals surface area contributed by atoms with Crippen molar-refractivity contribution >= 4 is 33.3 Å². The van der Waals surface area contributed by atoms with Gasteiger partial charge < -0.3 is 15.2 Å². The highest BCUT2D eigenvalue weighted by atomic mass is 32.2. The molecular formula is C16H20N2O6S. The zero-order valence-electron chi connectivity index (χ0n) is 13.9. The van der Waals surface area contributed by atoms with E-state index in [2.05, 4.69) is 10.0 Å². The minimum atomic E-state index is -3.53. The summed E-state index contributed by atoms with van der Waals surface area (Å²) in [4.78, 5) is 23.8. The van der Waals surface area contributed by atoms with Crippen LogP contribution in [0.25, 0.3) is 0 Å². The fourth-order valence-corrected chi connectivity index (χ4v) is 3.24. The van der Waals surface area contributed by atoms with E-state index in [0.29, 0.717) is 24.3 Å². The Labute approximate surface area is 145 Å². The first kappa shape index (κ1) is 18.8. The Morgan fingerprint density at radius 3 is 2.40 bits per heavy atom. The highest BCUT2D eigenvalue weighted by molar-refractivity contribution is 7.92. The monoisotopic (exact) mass is 368 g/mol. The van der Waals surface area contributed by atoms with Gasteiger partial charge in [0.2, 0.25) is 15.9 Å².